The average molecular weight is 161 g/mol. The van der Waals surface area contributed by atoms with Gasteiger partial charge in [0.25, 0.3) is 0 Å². The predicted octanol–water partition coefficient (Wildman–Crippen LogP) is 3.45. The molecule has 1 radical (unpaired) electrons. The van der Waals surface area contributed by atoms with Crippen LogP contribution >= 0.6 is 0 Å². The summed E-state index contributed by atoms with van der Waals surface area (Å²) < 4.78 is 0. The van der Waals surface area contributed by atoms with Gasteiger partial charge in [-0.25, -0.2) is 0 Å². The highest BCUT2D eigenvalue weighted by atomic mass is 13.9. The van der Waals surface area contributed by atoms with Crippen molar-refractivity contribution in [1.82, 2.24) is 0 Å². The fourth-order valence-corrected chi connectivity index (χ4v) is 0.712. The van der Waals surface area contributed by atoms with Crippen LogP contribution < -0.4 is 0 Å². The minimum Gasteiger partial charge on any atom is -0.124 e. The molecule has 0 atom stereocenters. The van der Waals surface area contributed by atoms with Gasteiger partial charge in [0.1, 0.15) is 0 Å². The molecule has 0 N–H and O–H groups in total. The van der Waals surface area contributed by atoms with E-state index >= 15 is 0 Å². The summed E-state index contributed by atoms with van der Waals surface area (Å²) in [6.07, 6.45) is 8.00. The van der Waals surface area contributed by atoms with Crippen molar-refractivity contribution >= 4 is 0 Å². The predicted molar refractivity (Wildman–Crippen MR) is 56.9 cm³/mol. The van der Waals surface area contributed by atoms with Crippen molar-refractivity contribution in [3.05, 3.63) is 42.3 Å². The average Bonchev–Trinajstić information content (AvgIpc) is 2.11. The monoisotopic (exact) mass is 161 g/mol. The summed E-state index contributed by atoms with van der Waals surface area (Å²) in [5, 5.41) is 0. The van der Waals surface area contributed by atoms with Gasteiger partial charge in [-0.05, 0) is 19.4 Å². The summed E-state index contributed by atoms with van der Waals surface area (Å²) >= 11 is 0. The molecule has 65 valence electrons. The molecule has 0 aliphatic carbocycles. The molecule has 12 heavy (non-hydrogen) atoms. The van der Waals surface area contributed by atoms with Gasteiger partial charge >= 0.3 is 0 Å². The molecule has 0 saturated heterocycles. The van der Waals surface area contributed by atoms with Crippen LogP contribution in [-0.2, 0) is 0 Å². The van der Waals surface area contributed by atoms with Gasteiger partial charge in [0.2, 0.25) is 0 Å². The van der Waals surface area contributed by atoms with Crippen LogP contribution in [0.5, 0.6) is 0 Å². The number of rotatable bonds is 0. The van der Waals surface area contributed by atoms with E-state index in [1.165, 1.54) is 5.56 Å². The molecule has 0 amide bonds. The Morgan fingerprint density at radius 2 is 1.67 bits per heavy atom. The lowest BCUT2D eigenvalue weighted by atomic mass is 10.2. The number of aryl methyl sites for hydroxylation is 1. The molecule has 0 saturated carbocycles. The third-order valence-corrected chi connectivity index (χ3v) is 1.08. The Bertz CT molecular complexity index is 191. The van der Waals surface area contributed by atoms with Crippen molar-refractivity contribution in [3.8, 4) is 12.8 Å². The summed E-state index contributed by atoms with van der Waals surface area (Å²) in [6.45, 7) is 9.85. The van der Waals surface area contributed by atoms with Crippen molar-refractivity contribution in [3.63, 3.8) is 0 Å². The summed E-state index contributed by atoms with van der Waals surface area (Å²) in [5.74, 6) is 0. The molecule has 1 aromatic carbocycles. The zero-order chi connectivity index (χ0) is 9.98. The van der Waals surface area contributed by atoms with Crippen molar-refractivity contribution in [2.75, 3.05) is 0 Å². The van der Waals surface area contributed by atoms with E-state index < -0.39 is 0 Å². The van der Waals surface area contributed by atoms with Crippen LogP contribution in [0.3, 0.4) is 0 Å². The van der Waals surface area contributed by atoms with Crippen LogP contribution in [-0.4, -0.2) is 0 Å². The molecule has 0 heterocycles. The van der Waals surface area contributed by atoms with Gasteiger partial charge in [-0.1, -0.05) is 43.7 Å². The van der Waals surface area contributed by atoms with E-state index in [1.54, 1.807) is 0 Å². The molecule has 1 rings (SSSR count). The second kappa shape index (κ2) is 9.78. The number of hydrogen-bond donors (Lipinski definition) is 0. The van der Waals surface area contributed by atoms with E-state index in [0.717, 1.165) is 5.56 Å². The fraction of sp³-hybridized carbons (Fsp3) is 0.250. The highest BCUT2D eigenvalue weighted by Crippen LogP contribution is 2.00. The van der Waals surface area contributed by atoms with Crippen molar-refractivity contribution < 1.29 is 0 Å². The van der Waals surface area contributed by atoms with Gasteiger partial charge in [-0.3, -0.25) is 0 Å². The second-order valence-corrected chi connectivity index (χ2v) is 1.99. The lowest BCUT2D eigenvalue weighted by molar-refractivity contribution is 1.44. The van der Waals surface area contributed by atoms with Crippen LogP contribution in [0.25, 0.3) is 0 Å². The number of terminal acetylenes is 1. The van der Waals surface area contributed by atoms with E-state index in [4.69, 9.17) is 0 Å². The normalized spacial score (nSPS) is 6.83. The van der Waals surface area contributed by atoms with Gasteiger partial charge < -0.3 is 0 Å². The summed E-state index contributed by atoms with van der Waals surface area (Å²) in [7, 11) is 0. The highest BCUT2D eigenvalue weighted by molar-refractivity contribution is 5.23. The first-order valence-electron chi connectivity index (χ1n) is 4.01. The van der Waals surface area contributed by atoms with E-state index in [-0.39, 0.29) is 0 Å². The molecule has 0 spiro atoms. The molecule has 0 heteroatoms. The van der Waals surface area contributed by atoms with Crippen LogP contribution in [0.4, 0.5) is 0 Å². The molecule has 0 aliphatic heterocycles. The molecular weight excluding hydrogens is 144 g/mol. The van der Waals surface area contributed by atoms with Crippen molar-refractivity contribution in [2.24, 2.45) is 0 Å². The lowest BCUT2D eigenvalue weighted by Gasteiger charge is -1.90. The third kappa shape index (κ3) is 6.89. The molecular formula is C12H17. The zero-order valence-electron chi connectivity index (χ0n) is 8.17. The summed E-state index contributed by atoms with van der Waals surface area (Å²) in [5.41, 5.74) is 2.36. The first kappa shape index (κ1) is 13.4. The van der Waals surface area contributed by atoms with Gasteiger partial charge in [-0.15, -0.1) is 12.8 Å². The van der Waals surface area contributed by atoms with Crippen LogP contribution in [0.2, 0.25) is 0 Å². The van der Waals surface area contributed by atoms with E-state index in [0.29, 0.717) is 0 Å². The molecule has 0 bridgehead atoms. The molecule has 0 nitrogen and oxygen atoms in total. The Hall–Kier alpha value is -1.22. The SMILES string of the molecule is C#C.CC.[CH2]c1cccc(C)c1. The van der Waals surface area contributed by atoms with Gasteiger partial charge in [0, 0.05) is 0 Å². The Morgan fingerprint density at radius 1 is 1.17 bits per heavy atom. The maximum Gasteiger partial charge on any atom is -0.0238 e. The third-order valence-electron chi connectivity index (χ3n) is 1.08. The van der Waals surface area contributed by atoms with Crippen LogP contribution in [0, 0.1) is 26.7 Å². The number of benzene rings is 1. The van der Waals surface area contributed by atoms with Crippen LogP contribution in [0.1, 0.15) is 25.0 Å². The Morgan fingerprint density at radius 3 is 1.92 bits per heavy atom. The Balaban J connectivity index is 0. The molecule has 0 fully saturated rings. The van der Waals surface area contributed by atoms with E-state index in [1.807, 2.05) is 26.0 Å². The standard InChI is InChI=1S/C8H9.C2H6.C2H2/c1-7-4-3-5-8(2)6-7;2*1-2/h3-6H,1H2,2H3;1-2H3;1-2H. The van der Waals surface area contributed by atoms with Gasteiger partial charge in [0.05, 0.1) is 0 Å². The molecule has 0 unspecified atom stereocenters. The zero-order valence-corrected chi connectivity index (χ0v) is 8.17. The van der Waals surface area contributed by atoms with Crippen molar-refractivity contribution in [2.45, 2.75) is 20.8 Å². The second-order valence-electron chi connectivity index (χ2n) is 1.99. The Labute approximate surface area is 76.6 Å². The fourth-order valence-electron chi connectivity index (χ4n) is 0.712. The topological polar surface area (TPSA) is 0 Å². The highest BCUT2D eigenvalue weighted by Gasteiger charge is 1.80. The molecule has 0 aliphatic rings. The van der Waals surface area contributed by atoms with E-state index in [9.17, 15) is 0 Å². The van der Waals surface area contributed by atoms with E-state index in [2.05, 4.69) is 38.8 Å². The lowest BCUT2D eigenvalue weighted by Crippen LogP contribution is -1.71. The van der Waals surface area contributed by atoms with Gasteiger partial charge in [0.15, 0.2) is 0 Å². The minimum absolute atomic E-state index is 1.09. The van der Waals surface area contributed by atoms with Gasteiger partial charge in [-0.2, -0.15) is 0 Å². The number of hydrogen-bond acceptors (Lipinski definition) is 0. The van der Waals surface area contributed by atoms with Crippen LogP contribution in [0.15, 0.2) is 24.3 Å². The first-order valence-corrected chi connectivity index (χ1v) is 4.01. The smallest absolute Gasteiger partial charge is 0.0238 e. The maximum atomic E-state index is 4.00. The largest absolute Gasteiger partial charge is 0.124 e. The molecule has 0 aromatic heterocycles. The first-order chi connectivity index (χ1) is 5.79. The Kier molecular flexibility index (Phi) is 10.9. The van der Waals surface area contributed by atoms with Crippen molar-refractivity contribution in [1.29, 1.82) is 0 Å². The maximum absolute atomic E-state index is 4.00. The summed E-state index contributed by atoms with van der Waals surface area (Å²) in [6, 6.07) is 8.12. The summed E-state index contributed by atoms with van der Waals surface area (Å²) in [4.78, 5) is 0. The molecule has 1 aromatic rings. The quantitative estimate of drug-likeness (QED) is 0.511. The minimum atomic E-state index is 1.09.